The summed E-state index contributed by atoms with van der Waals surface area (Å²) in [5, 5.41) is 9.37. The maximum absolute atomic E-state index is 6.13. The van der Waals surface area contributed by atoms with Gasteiger partial charge in [-0.05, 0) is 51.5 Å². The van der Waals surface area contributed by atoms with Crippen LogP contribution in [-0.4, -0.2) is 52.8 Å². The average Bonchev–Trinajstić information content (AvgIpc) is 3.40. The molecule has 30 heavy (non-hydrogen) atoms. The second kappa shape index (κ2) is 8.17. The Kier molecular flexibility index (Phi) is 5.39. The van der Waals surface area contributed by atoms with Gasteiger partial charge in [0.15, 0.2) is 5.65 Å². The van der Waals surface area contributed by atoms with Crippen molar-refractivity contribution in [2.75, 3.05) is 25.6 Å². The molecule has 5 rings (SSSR count). The molecule has 0 atom stereocenters. The maximum atomic E-state index is 6.13. The second-order valence-electron chi connectivity index (χ2n) is 8.54. The van der Waals surface area contributed by atoms with E-state index in [1.807, 2.05) is 17.1 Å². The van der Waals surface area contributed by atoms with Crippen molar-refractivity contribution in [1.82, 2.24) is 20.2 Å². The Morgan fingerprint density at radius 3 is 2.77 bits per heavy atom. The van der Waals surface area contributed by atoms with Gasteiger partial charge in [0.2, 0.25) is 0 Å². The summed E-state index contributed by atoms with van der Waals surface area (Å²) in [6.07, 6.45) is 12.4. The van der Waals surface area contributed by atoms with Gasteiger partial charge in [0, 0.05) is 44.7 Å². The number of anilines is 1. The van der Waals surface area contributed by atoms with Gasteiger partial charge in [0.1, 0.15) is 5.60 Å². The van der Waals surface area contributed by atoms with Gasteiger partial charge >= 0.3 is 0 Å². The number of methoxy groups -OCH3 is 1. The lowest BCUT2D eigenvalue weighted by Gasteiger charge is -2.33. The van der Waals surface area contributed by atoms with E-state index in [9.17, 15) is 0 Å². The third kappa shape index (κ3) is 3.57. The molecule has 8 nitrogen and oxygen atoms in total. The number of aromatic nitrogens is 3. The molecule has 2 aliphatic heterocycles. The van der Waals surface area contributed by atoms with Crippen LogP contribution in [0, 0.1) is 0 Å². The molecule has 0 aromatic carbocycles. The van der Waals surface area contributed by atoms with Crippen molar-refractivity contribution in [3.63, 3.8) is 0 Å². The average molecular weight is 414 g/mol. The van der Waals surface area contributed by atoms with E-state index in [0.717, 1.165) is 86.3 Å². The molecule has 0 bridgehead atoms. The zero-order chi connectivity index (χ0) is 20.6. The fourth-order valence-corrected chi connectivity index (χ4v) is 4.84. The molecule has 8 heteroatoms. The van der Waals surface area contributed by atoms with Crippen LogP contribution < -0.4 is 10.8 Å². The number of ether oxygens (including phenoxy) is 2. The standard InChI is InChI=1S/C22H31N5O3/c1-3-27-21-18(14-24-27)20(25-15-6-10-29-11-7-15)17(13-23-21)19-12-22(30-26-19)8-4-16(28-2)5-9-22/h12-16,26H,3-11H2,1-2H3,(H,23,25). The van der Waals surface area contributed by atoms with Gasteiger partial charge < -0.3 is 14.8 Å². The molecular weight excluding hydrogens is 382 g/mol. The van der Waals surface area contributed by atoms with Crippen molar-refractivity contribution >= 4 is 22.4 Å². The fourth-order valence-electron chi connectivity index (χ4n) is 4.84. The number of hydrogen-bond donors (Lipinski definition) is 2. The molecular formula is C22H31N5O3. The molecule has 0 unspecified atom stereocenters. The van der Waals surface area contributed by atoms with E-state index in [4.69, 9.17) is 19.3 Å². The first-order chi connectivity index (χ1) is 14.7. The summed E-state index contributed by atoms with van der Waals surface area (Å²) in [5.41, 5.74) is 6.97. The summed E-state index contributed by atoms with van der Waals surface area (Å²) in [6.45, 7) is 4.47. The van der Waals surface area contributed by atoms with E-state index >= 15 is 0 Å². The van der Waals surface area contributed by atoms with E-state index < -0.39 is 0 Å². The minimum Gasteiger partial charge on any atom is -0.381 e. The lowest BCUT2D eigenvalue weighted by molar-refractivity contribution is -0.0800. The Labute approximate surface area is 176 Å². The molecule has 3 aliphatic rings. The smallest absolute Gasteiger partial charge is 0.159 e. The molecule has 4 heterocycles. The Balaban J connectivity index is 1.50. The summed E-state index contributed by atoms with van der Waals surface area (Å²) >= 11 is 0. The number of hydroxylamine groups is 1. The topological polar surface area (TPSA) is 82.5 Å². The molecule has 2 N–H and O–H groups in total. The van der Waals surface area contributed by atoms with Crippen LogP contribution in [0.1, 0.15) is 51.0 Å². The molecule has 1 saturated heterocycles. The lowest BCUT2D eigenvalue weighted by atomic mass is 9.82. The Hall–Kier alpha value is -2.16. The van der Waals surface area contributed by atoms with Crippen molar-refractivity contribution in [2.24, 2.45) is 0 Å². The highest BCUT2D eigenvalue weighted by Crippen LogP contribution is 2.41. The van der Waals surface area contributed by atoms with E-state index in [1.54, 1.807) is 7.11 Å². The number of pyridine rings is 1. The zero-order valence-electron chi connectivity index (χ0n) is 17.8. The predicted molar refractivity (Wildman–Crippen MR) is 115 cm³/mol. The minimum atomic E-state index is -0.261. The van der Waals surface area contributed by atoms with Gasteiger partial charge in [0.05, 0.1) is 29.1 Å². The van der Waals surface area contributed by atoms with Crippen molar-refractivity contribution in [2.45, 2.75) is 69.7 Å². The normalized spacial score (nSPS) is 27.4. The summed E-state index contributed by atoms with van der Waals surface area (Å²) in [4.78, 5) is 10.9. The lowest BCUT2D eigenvalue weighted by Crippen LogP contribution is -2.36. The van der Waals surface area contributed by atoms with Gasteiger partial charge in [-0.3, -0.25) is 10.3 Å². The number of nitrogens with one attached hydrogen (secondary N) is 2. The van der Waals surface area contributed by atoms with Crippen LogP contribution in [-0.2, 0) is 20.9 Å². The van der Waals surface area contributed by atoms with Crippen molar-refractivity contribution < 1.29 is 14.3 Å². The molecule has 2 aromatic rings. The van der Waals surface area contributed by atoms with Crippen LogP contribution in [0.3, 0.4) is 0 Å². The third-order valence-electron chi connectivity index (χ3n) is 6.71. The number of hydrogen-bond acceptors (Lipinski definition) is 7. The summed E-state index contributed by atoms with van der Waals surface area (Å²) in [7, 11) is 1.79. The van der Waals surface area contributed by atoms with Crippen LogP contribution >= 0.6 is 0 Å². The molecule has 162 valence electrons. The van der Waals surface area contributed by atoms with Crippen molar-refractivity contribution in [3.8, 4) is 0 Å². The molecule has 1 spiro atoms. The minimum absolute atomic E-state index is 0.261. The van der Waals surface area contributed by atoms with E-state index in [1.165, 1.54) is 0 Å². The predicted octanol–water partition coefficient (Wildman–Crippen LogP) is 3.25. The molecule has 2 aromatic heterocycles. The van der Waals surface area contributed by atoms with Crippen LogP contribution in [0.25, 0.3) is 16.7 Å². The fraction of sp³-hybridized carbons (Fsp3) is 0.636. The van der Waals surface area contributed by atoms with Gasteiger partial charge in [-0.15, -0.1) is 0 Å². The maximum Gasteiger partial charge on any atom is 0.159 e. The van der Waals surface area contributed by atoms with E-state index in [-0.39, 0.29) is 5.60 Å². The largest absolute Gasteiger partial charge is 0.381 e. The monoisotopic (exact) mass is 413 g/mol. The Morgan fingerprint density at radius 2 is 2.03 bits per heavy atom. The molecule has 1 saturated carbocycles. The van der Waals surface area contributed by atoms with Crippen LogP contribution in [0.15, 0.2) is 18.5 Å². The SMILES string of the molecule is CCn1ncc2c(NC3CCOCC3)c(C3=CC4(CCC(OC)CC4)ON3)cnc21. The molecule has 0 radical (unpaired) electrons. The van der Waals surface area contributed by atoms with Gasteiger partial charge in [-0.1, -0.05) is 0 Å². The highest BCUT2D eigenvalue weighted by molar-refractivity contribution is 5.95. The van der Waals surface area contributed by atoms with Crippen LogP contribution in [0.4, 0.5) is 5.69 Å². The number of fused-ring (bicyclic) bond motifs is 1. The van der Waals surface area contributed by atoms with E-state index in [2.05, 4.69) is 28.9 Å². The summed E-state index contributed by atoms with van der Waals surface area (Å²) in [6, 6.07) is 0.377. The van der Waals surface area contributed by atoms with E-state index in [0.29, 0.717) is 12.1 Å². The Bertz CT molecular complexity index is 926. The van der Waals surface area contributed by atoms with Gasteiger partial charge in [0.25, 0.3) is 0 Å². The number of rotatable bonds is 5. The van der Waals surface area contributed by atoms with Crippen molar-refractivity contribution in [3.05, 3.63) is 24.0 Å². The first kappa shape index (κ1) is 19.8. The number of nitrogens with zero attached hydrogens (tertiary/aromatic N) is 3. The summed E-state index contributed by atoms with van der Waals surface area (Å²) < 4.78 is 13.0. The van der Waals surface area contributed by atoms with Crippen LogP contribution in [0.2, 0.25) is 0 Å². The summed E-state index contributed by atoms with van der Waals surface area (Å²) in [5.74, 6) is 0. The molecule has 1 aliphatic carbocycles. The first-order valence-corrected chi connectivity index (χ1v) is 11.1. The highest BCUT2D eigenvalue weighted by atomic mass is 16.7. The first-order valence-electron chi connectivity index (χ1n) is 11.1. The zero-order valence-corrected chi connectivity index (χ0v) is 17.8. The molecule has 0 amide bonds. The quantitative estimate of drug-likeness (QED) is 0.779. The highest BCUT2D eigenvalue weighted by Gasteiger charge is 2.40. The Morgan fingerprint density at radius 1 is 1.23 bits per heavy atom. The molecule has 2 fully saturated rings. The number of aryl methyl sites for hydroxylation is 1. The second-order valence-corrected chi connectivity index (χ2v) is 8.54. The van der Waals surface area contributed by atoms with Crippen LogP contribution in [0.5, 0.6) is 0 Å². The third-order valence-corrected chi connectivity index (χ3v) is 6.71. The van der Waals surface area contributed by atoms with Gasteiger partial charge in [-0.25, -0.2) is 9.67 Å². The van der Waals surface area contributed by atoms with Gasteiger partial charge in [-0.2, -0.15) is 5.10 Å². The van der Waals surface area contributed by atoms with Crippen molar-refractivity contribution in [1.29, 1.82) is 0 Å².